The Bertz CT molecular complexity index is 1020. The smallest absolute Gasteiger partial charge is 0.319 e. The minimum atomic E-state index is -0.357. The molecule has 2 aromatic carbocycles. The molecule has 4 nitrogen and oxygen atoms in total. The zero-order valence-corrected chi connectivity index (χ0v) is 18.9. The lowest BCUT2D eigenvalue weighted by atomic mass is 9.72. The minimum absolute atomic E-state index is 0.200. The third kappa shape index (κ3) is 4.26. The minimum Gasteiger partial charge on any atom is -0.327 e. The fourth-order valence-corrected chi connectivity index (χ4v) is 4.93. The highest BCUT2D eigenvalue weighted by molar-refractivity contribution is 14.1. The summed E-state index contributed by atoms with van der Waals surface area (Å²) in [4.78, 5) is 17.0. The molecule has 0 spiro atoms. The van der Waals surface area contributed by atoms with E-state index in [1.54, 1.807) is 6.20 Å². The van der Waals surface area contributed by atoms with Crippen LogP contribution in [0.5, 0.6) is 0 Å². The van der Waals surface area contributed by atoms with Gasteiger partial charge in [-0.25, -0.2) is 4.79 Å². The number of urea groups is 1. The molecule has 1 aromatic heterocycles. The van der Waals surface area contributed by atoms with Crippen molar-refractivity contribution in [3.05, 3.63) is 83.1 Å². The van der Waals surface area contributed by atoms with E-state index in [1.165, 1.54) is 0 Å². The first-order valence-corrected chi connectivity index (χ1v) is 11.1. The van der Waals surface area contributed by atoms with E-state index in [0.717, 1.165) is 40.9 Å². The second-order valence-corrected chi connectivity index (χ2v) is 9.27. The summed E-state index contributed by atoms with van der Waals surface area (Å²) in [6, 6.07) is 19.4. The molecule has 29 heavy (non-hydrogen) atoms. The standard InChI is InChI=1S/C23H21ClIN3O/c1-15-14-17(11-13-26-15)16-2-8-20(9-3-16)27-22(29)28-23(12-10-21(23)25)18-4-6-19(24)7-5-18/h2-9,11,13-14,21H,10,12H2,1H3,(H2,27,28,29). The van der Waals surface area contributed by atoms with Gasteiger partial charge in [-0.15, -0.1) is 0 Å². The number of amides is 2. The fourth-order valence-electron chi connectivity index (χ4n) is 3.66. The molecular formula is C23H21ClIN3O. The molecule has 0 radical (unpaired) electrons. The van der Waals surface area contributed by atoms with Crippen LogP contribution < -0.4 is 10.6 Å². The SMILES string of the molecule is Cc1cc(-c2ccc(NC(=O)NC3(c4ccc(Cl)cc4)CCC3I)cc2)ccn1. The zero-order valence-electron chi connectivity index (χ0n) is 16.0. The summed E-state index contributed by atoms with van der Waals surface area (Å²) in [5, 5.41) is 6.87. The summed E-state index contributed by atoms with van der Waals surface area (Å²) < 4.78 is 0.337. The van der Waals surface area contributed by atoms with Crippen molar-refractivity contribution in [1.29, 1.82) is 0 Å². The number of carbonyl (C=O) groups excluding carboxylic acids is 1. The molecule has 0 bridgehead atoms. The number of hydrogen-bond acceptors (Lipinski definition) is 2. The Morgan fingerprint density at radius 2 is 1.83 bits per heavy atom. The molecule has 0 aliphatic heterocycles. The number of aromatic nitrogens is 1. The van der Waals surface area contributed by atoms with Crippen molar-refractivity contribution in [2.45, 2.75) is 29.2 Å². The van der Waals surface area contributed by atoms with E-state index in [4.69, 9.17) is 11.6 Å². The number of nitrogens with zero attached hydrogens (tertiary/aromatic N) is 1. The van der Waals surface area contributed by atoms with Crippen LogP contribution in [-0.4, -0.2) is 14.9 Å². The van der Waals surface area contributed by atoms with Gasteiger partial charge in [-0.05, 0) is 72.9 Å². The molecule has 1 fully saturated rings. The number of alkyl halides is 1. The molecule has 0 saturated heterocycles. The van der Waals surface area contributed by atoms with Crippen LogP contribution >= 0.6 is 34.2 Å². The third-order valence-corrected chi connectivity index (χ3v) is 7.33. The summed E-state index contributed by atoms with van der Waals surface area (Å²) in [5.41, 5.74) is 4.66. The van der Waals surface area contributed by atoms with Crippen LogP contribution in [0, 0.1) is 6.92 Å². The Labute approximate surface area is 189 Å². The Hall–Kier alpha value is -2.12. The lowest BCUT2D eigenvalue weighted by Gasteiger charge is -2.47. The number of anilines is 1. The molecule has 2 atom stereocenters. The second kappa shape index (κ2) is 8.32. The molecule has 1 heterocycles. The predicted molar refractivity (Wildman–Crippen MR) is 127 cm³/mol. The van der Waals surface area contributed by atoms with E-state index >= 15 is 0 Å². The van der Waals surface area contributed by atoms with Gasteiger partial charge in [0.05, 0.1) is 5.54 Å². The fraction of sp³-hybridized carbons (Fsp3) is 0.217. The Morgan fingerprint density at radius 3 is 2.41 bits per heavy atom. The van der Waals surface area contributed by atoms with Crippen molar-refractivity contribution < 1.29 is 4.79 Å². The van der Waals surface area contributed by atoms with Gasteiger partial charge in [0.15, 0.2) is 0 Å². The summed E-state index contributed by atoms with van der Waals surface area (Å²) >= 11 is 8.45. The van der Waals surface area contributed by atoms with Crippen LogP contribution in [0.3, 0.4) is 0 Å². The topological polar surface area (TPSA) is 54.0 Å². The van der Waals surface area contributed by atoms with E-state index in [2.05, 4.69) is 38.2 Å². The van der Waals surface area contributed by atoms with Gasteiger partial charge in [-0.2, -0.15) is 0 Å². The van der Waals surface area contributed by atoms with Gasteiger partial charge < -0.3 is 10.6 Å². The molecule has 2 N–H and O–H groups in total. The maximum atomic E-state index is 12.7. The van der Waals surface area contributed by atoms with Crippen LogP contribution in [0.4, 0.5) is 10.5 Å². The first-order chi connectivity index (χ1) is 14.0. The Kier molecular flexibility index (Phi) is 5.79. The van der Waals surface area contributed by atoms with Gasteiger partial charge in [0.2, 0.25) is 0 Å². The average molecular weight is 518 g/mol. The molecule has 148 valence electrons. The van der Waals surface area contributed by atoms with E-state index in [0.29, 0.717) is 8.95 Å². The van der Waals surface area contributed by atoms with Gasteiger partial charge in [0.1, 0.15) is 0 Å². The lowest BCUT2D eigenvalue weighted by molar-refractivity contribution is 0.199. The molecule has 3 aromatic rings. The predicted octanol–water partition coefficient (Wildman–Crippen LogP) is 6.32. The van der Waals surface area contributed by atoms with Gasteiger partial charge >= 0.3 is 6.03 Å². The van der Waals surface area contributed by atoms with Crippen molar-refractivity contribution in [3.63, 3.8) is 0 Å². The van der Waals surface area contributed by atoms with Crippen molar-refractivity contribution in [2.75, 3.05) is 5.32 Å². The van der Waals surface area contributed by atoms with Crippen molar-refractivity contribution in [1.82, 2.24) is 10.3 Å². The Morgan fingerprint density at radius 1 is 1.10 bits per heavy atom. The quantitative estimate of drug-likeness (QED) is 0.314. The number of aryl methyl sites for hydroxylation is 1. The highest BCUT2D eigenvalue weighted by atomic mass is 127. The highest BCUT2D eigenvalue weighted by Gasteiger charge is 2.47. The van der Waals surface area contributed by atoms with Crippen LogP contribution in [-0.2, 0) is 5.54 Å². The average Bonchev–Trinajstić information content (AvgIpc) is 2.72. The highest BCUT2D eigenvalue weighted by Crippen LogP contribution is 2.46. The largest absolute Gasteiger partial charge is 0.327 e. The molecule has 4 rings (SSSR count). The molecule has 2 amide bonds. The number of carbonyl (C=O) groups is 1. The molecule has 1 aliphatic carbocycles. The maximum absolute atomic E-state index is 12.7. The summed E-state index contributed by atoms with van der Waals surface area (Å²) in [6.45, 7) is 1.97. The van der Waals surface area contributed by atoms with E-state index in [9.17, 15) is 4.79 Å². The first-order valence-electron chi connectivity index (χ1n) is 9.49. The summed E-state index contributed by atoms with van der Waals surface area (Å²) in [7, 11) is 0. The van der Waals surface area contributed by atoms with E-state index in [1.807, 2.05) is 67.6 Å². The zero-order chi connectivity index (χ0) is 20.4. The van der Waals surface area contributed by atoms with Crippen LogP contribution in [0.25, 0.3) is 11.1 Å². The van der Waals surface area contributed by atoms with Gasteiger partial charge in [0.25, 0.3) is 0 Å². The number of benzene rings is 2. The van der Waals surface area contributed by atoms with Crippen molar-refractivity contribution >= 4 is 45.9 Å². The number of pyridine rings is 1. The van der Waals surface area contributed by atoms with Crippen molar-refractivity contribution in [3.8, 4) is 11.1 Å². The second-order valence-electron chi connectivity index (χ2n) is 7.33. The van der Waals surface area contributed by atoms with Crippen LogP contribution in [0.1, 0.15) is 24.1 Å². The number of hydrogen-bond donors (Lipinski definition) is 2. The summed E-state index contributed by atoms with van der Waals surface area (Å²) in [6.07, 6.45) is 3.79. The van der Waals surface area contributed by atoms with Crippen LogP contribution in [0.15, 0.2) is 66.9 Å². The van der Waals surface area contributed by atoms with Gasteiger partial charge in [-0.3, -0.25) is 4.98 Å². The van der Waals surface area contributed by atoms with E-state index in [-0.39, 0.29) is 11.6 Å². The first kappa shape index (κ1) is 20.2. The molecular weight excluding hydrogens is 497 g/mol. The number of nitrogens with one attached hydrogen (secondary N) is 2. The monoisotopic (exact) mass is 517 g/mol. The van der Waals surface area contributed by atoms with Crippen molar-refractivity contribution in [2.24, 2.45) is 0 Å². The number of halogens is 2. The Balaban J connectivity index is 1.47. The van der Waals surface area contributed by atoms with E-state index < -0.39 is 0 Å². The summed E-state index contributed by atoms with van der Waals surface area (Å²) in [5.74, 6) is 0. The third-order valence-electron chi connectivity index (χ3n) is 5.40. The van der Waals surface area contributed by atoms with Gasteiger partial charge in [0, 0.05) is 26.5 Å². The maximum Gasteiger partial charge on any atom is 0.319 e. The number of rotatable bonds is 4. The normalized spacial score (nSPS) is 20.6. The molecule has 6 heteroatoms. The molecule has 1 aliphatic rings. The lowest BCUT2D eigenvalue weighted by Crippen LogP contribution is -2.59. The molecule has 2 unspecified atom stereocenters. The molecule has 1 saturated carbocycles. The van der Waals surface area contributed by atoms with Gasteiger partial charge in [-0.1, -0.05) is 58.5 Å². The van der Waals surface area contributed by atoms with Crippen LogP contribution in [0.2, 0.25) is 5.02 Å².